The van der Waals surface area contributed by atoms with E-state index in [4.69, 9.17) is 14.2 Å². The van der Waals surface area contributed by atoms with Crippen molar-refractivity contribution in [2.45, 2.75) is 25.9 Å². The van der Waals surface area contributed by atoms with Gasteiger partial charge in [-0.2, -0.15) is 0 Å². The summed E-state index contributed by atoms with van der Waals surface area (Å²) in [5, 5.41) is 0. The number of hydrogen-bond acceptors (Lipinski definition) is 3. The summed E-state index contributed by atoms with van der Waals surface area (Å²) in [6.45, 7) is 7.88. The maximum Gasteiger partial charge on any atom is 0.112 e. The molecule has 2 aliphatic rings. The zero-order valence-corrected chi connectivity index (χ0v) is 8.47. The zero-order valence-electron chi connectivity index (χ0n) is 8.47. The van der Waals surface area contributed by atoms with Crippen molar-refractivity contribution in [1.82, 2.24) is 0 Å². The van der Waals surface area contributed by atoms with Gasteiger partial charge >= 0.3 is 0 Å². The minimum absolute atomic E-state index is 0.105. The lowest BCUT2D eigenvalue weighted by Gasteiger charge is -2.29. The van der Waals surface area contributed by atoms with Crippen LogP contribution in [-0.2, 0) is 14.2 Å². The molecule has 0 aromatic carbocycles. The molecule has 0 spiro atoms. The monoisotopic (exact) mass is 186 g/mol. The molecule has 2 bridgehead atoms. The fourth-order valence-electron chi connectivity index (χ4n) is 1.85. The van der Waals surface area contributed by atoms with Crippen molar-refractivity contribution in [3.05, 3.63) is 0 Å². The Kier molecular flexibility index (Phi) is 2.34. The molecule has 2 aliphatic heterocycles. The lowest BCUT2D eigenvalue weighted by molar-refractivity contribution is -0.0954. The van der Waals surface area contributed by atoms with E-state index in [1.54, 1.807) is 0 Å². The highest BCUT2D eigenvalue weighted by Gasteiger charge is 2.41. The maximum absolute atomic E-state index is 5.86. The summed E-state index contributed by atoms with van der Waals surface area (Å²) < 4.78 is 17.2. The molecule has 0 amide bonds. The number of hydrogen-bond donors (Lipinski definition) is 0. The molecule has 0 N–H and O–H groups in total. The second-order valence-electron chi connectivity index (χ2n) is 4.58. The minimum atomic E-state index is -0.215. The van der Waals surface area contributed by atoms with Crippen LogP contribution >= 0.6 is 0 Å². The van der Waals surface area contributed by atoms with E-state index in [9.17, 15) is 0 Å². The Bertz CT molecular complexity index is 181. The van der Waals surface area contributed by atoms with Crippen molar-refractivity contribution >= 4 is 0 Å². The van der Waals surface area contributed by atoms with Gasteiger partial charge in [0.25, 0.3) is 0 Å². The third kappa shape index (κ3) is 1.73. The molecular weight excluding hydrogens is 168 g/mol. The second-order valence-corrected chi connectivity index (χ2v) is 4.58. The average molecular weight is 186 g/mol. The number of rotatable bonds is 1. The molecule has 0 aliphatic carbocycles. The molecule has 0 saturated carbocycles. The maximum atomic E-state index is 5.86. The Labute approximate surface area is 79.4 Å². The molecular formula is C10H18O3. The van der Waals surface area contributed by atoms with Gasteiger partial charge in [0.15, 0.2) is 0 Å². The molecule has 0 atom stereocenters. The lowest BCUT2D eigenvalue weighted by atomic mass is 9.88. The third-order valence-corrected chi connectivity index (χ3v) is 3.11. The van der Waals surface area contributed by atoms with E-state index in [1.165, 1.54) is 0 Å². The van der Waals surface area contributed by atoms with Crippen molar-refractivity contribution in [2.24, 2.45) is 5.41 Å². The first kappa shape index (κ1) is 9.44. The highest BCUT2D eigenvalue weighted by Crippen LogP contribution is 2.33. The van der Waals surface area contributed by atoms with Crippen LogP contribution in [0.25, 0.3) is 0 Å². The summed E-state index contributed by atoms with van der Waals surface area (Å²) in [7, 11) is 0. The quantitative estimate of drug-likeness (QED) is 0.616. The van der Waals surface area contributed by atoms with Crippen LogP contribution in [0, 0.1) is 5.41 Å². The predicted molar refractivity (Wildman–Crippen MR) is 48.7 cm³/mol. The lowest BCUT2D eigenvalue weighted by Crippen LogP contribution is -2.38. The standard InChI is InChI=1S/C10H18O3/c1-3-10-6-11-4-9(2,13-8-10)5-12-7-10/h3-8H2,1-2H3. The third-order valence-electron chi connectivity index (χ3n) is 3.11. The van der Waals surface area contributed by atoms with E-state index in [1.807, 2.05) is 0 Å². The largest absolute Gasteiger partial charge is 0.378 e. The van der Waals surface area contributed by atoms with E-state index in [0.717, 1.165) is 26.2 Å². The van der Waals surface area contributed by atoms with Gasteiger partial charge in [-0.15, -0.1) is 0 Å². The minimum Gasteiger partial charge on any atom is -0.378 e. The molecule has 2 saturated heterocycles. The molecule has 13 heavy (non-hydrogen) atoms. The fraction of sp³-hybridized carbons (Fsp3) is 1.00. The molecule has 3 heteroatoms. The van der Waals surface area contributed by atoms with E-state index < -0.39 is 0 Å². The van der Waals surface area contributed by atoms with E-state index in [-0.39, 0.29) is 11.0 Å². The van der Waals surface area contributed by atoms with Gasteiger partial charge in [-0.05, 0) is 13.3 Å². The van der Waals surface area contributed by atoms with Crippen molar-refractivity contribution in [3.63, 3.8) is 0 Å². The van der Waals surface area contributed by atoms with Crippen LogP contribution in [0.5, 0.6) is 0 Å². The van der Waals surface area contributed by atoms with Crippen LogP contribution in [0.2, 0.25) is 0 Å². The van der Waals surface area contributed by atoms with Gasteiger partial charge in [-0.1, -0.05) is 6.92 Å². The van der Waals surface area contributed by atoms with Crippen molar-refractivity contribution in [3.8, 4) is 0 Å². The van der Waals surface area contributed by atoms with Gasteiger partial charge in [0.1, 0.15) is 5.60 Å². The number of ether oxygens (including phenoxy) is 3. The van der Waals surface area contributed by atoms with Crippen molar-refractivity contribution < 1.29 is 14.2 Å². The van der Waals surface area contributed by atoms with Crippen LogP contribution in [0.3, 0.4) is 0 Å². The molecule has 0 aromatic rings. The topological polar surface area (TPSA) is 27.7 Å². The second kappa shape index (κ2) is 3.23. The van der Waals surface area contributed by atoms with E-state index >= 15 is 0 Å². The molecule has 2 fully saturated rings. The van der Waals surface area contributed by atoms with Gasteiger partial charge in [-0.3, -0.25) is 0 Å². The summed E-state index contributed by atoms with van der Waals surface area (Å²) >= 11 is 0. The fourth-order valence-corrected chi connectivity index (χ4v) is 1.85. The molecule has 3 nitrogen and oxygen atoms in total. The SMILES string of the molecule is CCC12COCC(C)(COC1)OC2. The first-order valence-corrected chi connectivity index (χ1v) is 4.98. The van der Waals surface area contributed by atoms with Gasteiger partial charge in [0.05, 0.1) is 33.0 Å². The molecule has 0 aromatic heterocycles. The summed E-state index contributed by atoms with van der Waals surface area (Å²) in [6.07, 6.45) is 1.06. The van der Waals surface area contributed by atoms with Crippen LogP contribution in [0.15, 0.2) is 0 Å². The van der Waals surface area contributed by atoms with E-state index in [0.29, 0.717) is 13.2 Å². The predicted octanol–water partition coefficient (Wildman–Crippen LogP) is 1.22. The summed E-state index contributed by atoms with van der Waals surface area (Å²) in [5.41, 5.74) is -0.109. The Balaban J connectivity index is 2.17. The molecule has 0 radical (unpaired) electrons. The number of fused-ring (bicyclic) bond motifs is 3. The van der Waals surface area contributed by atoms with Gasteiger partial charge in [0.2, 0.25) is 0 Å². The van der Waals surface area contributed by atoms with Crippen molar-refractivity contribution in [1.29, 1.82) is 0 Å². The molecule has 0 unspecified atom stereocenters. The first-order valence-electron chi connectivity index (χ1n) is 4.98. The van der Waals surface area contributed by atoms with Crippen LogP contribution < -0.4 is 0 Å². The van der Waals surface area contributed by atoms with Crippen molar-refractivity contribution in [2.75, 3.05) is 33.0 Å². The van der Waals surface area contributed by atoms with E-state index in [2.05, 4.69) is 13.8 Å². The zero-order chi connectivity index (χ0) is 9.36. The highest BCUT2D eigenvalue weighted by atomic mass is 16.6. The van der Waals surface area contributed by atoms with Gasteiger partial charge in [0, 0.05) is 5.41 Å². The summed E-state index contributed by atoms with van der Waals surface area (Å²) in [4.78, 5) is 0. The van der Waals surface area contributed by atoms with Crippen LogP contribution in [0.1, 0.15) is 20.3 Å². The average Bonchev–Trinajstić information content (AvgIpc) is 2.34. The molecule has 2 rings (SSSR count). The Morgan fingerprint density at radius 2 is 1.62 bits per heavy atom. The smallest absolute Gasteiger partial charge is 0.112 e. The van der Waals surface area contributed by atoms with Crippen LogP contribution in [0.4, 0.5) is 0 Å². The molecule has 76 valence electrons. The highest BCUT2D eigenvalue weighted by molar-refractivity contribution is 4.88. The van der Waals surface area contributed by atoms with Crippen LogP contribution in [-0.4, -0.2) is 38.6 Å². The summed E-state index contributed by atoms with van der Waals surface area (Å²) in [5.74, 6) is 0. The Morgan fingerprint density at radius 1 is 1.00 bits per heavy atom. The van der Waals surface area contributed by atoms with Gasteiger partial charge in [-0.25, -0.2) is 0 Å². The Hall–Kier alpha value is -0.120. The first-order chi connectivity index (χ1) is 6.18. The van der Waals surface area contributed by atoms with Gasteiger partial charge < -0.3 is 14.2 Å². The normalized spacial score (nSPS) is 45.7. The summed E-state index contributed by atoms with van der Waals surface area (Å²) in [6, 6.07) is 0. The Morgan fingerprint density at radius 3 is 2.15 bits per heavy atom. The molecule has 2 heterocycles.